The van der Waals surface area contributed by atoms with E-state index in [0.29, 0.717) is 6.54 Å². The van der Waals surface area contributed by atoms with Gasteiger partial charge in [-0.1, -0.05) is 20.8 Å². The number of alkyl halides is 3. The first-order valence-electron chi connectivity index (χ1n) is 6.70. The van der Waals surface area contributed by atoms with Crippen LogP contribution >= 0.6 is 0 Å². The first-order valence-corrected chi connectivity index (χ1v) is 6.70. The maximum atomic E-state index is 12.8. The summed E-state index contributed by atoms with van der Waals surface area (Å²) in [6.07, 6.45) is -3.75. The van der Waals surface area contributed by atoms with Gasteiger partial charge in [0.2, 0.25) is 5.82 Å². The minimum Gasteiger partial charge on any atom is -0.370 e. The van der Waals surface area contributed by atoms with Crippen molar-refractivity contribution in [3.05, 3.63) is 11.9 Å². The van der Waals surface area contributed by atoms with Crippen LogP contribution < -0.4 is 10.6 Å². The molecule has 7 heteroatoms. The molecule has 2 N–H and O–H groups in total. The monoisotopic (exact) mass is 290 g/mol. The van der Waals surface area contributed by atoms with Gasteiger partial charge < -0.3 is 10.6 Å². The Kier molecular flexibility index (Phi) is 5.59. The van der Waals surface area contributed by atoms with Crippen molar-refractivity contribution in [1.29, 1.82) is 0 Å². The van der Waals surface area contributed by atoms with E-state index >= 15 is 0 Å². The molecule has 1 aromatic heterocycles. The number of nitrogens with zero attached hydrogens (tertiary/aromatic N) is 2. The summed E-state index contributed by atoms with van der Waals surface area (Å²) in [5, 5.41) is 5.84. The Bertz CT molecular complexity index is 432. The molecule has 4 nitrogen and oxygen atoms in total. The maximum absolute atomic E-state index is 12.8. The number of hydrogen-bond acceptors (Lipinski definition) is 4. The van der Waals surface area contributed by atoms with Crippen molar-refractivity contribution in [3.63, 3.8) is 0 Å². The van der Waals surface area contributed by atoms with Crippen LogP contribution in [0, 0.1) is 5.92 Å². The molecular formula is C13H21F3N4. The molecule has 0 spiro atoms. The third-order valence-corrected chi connectivity index (χ3v) is 2.91. The minimum atomic E-state index is -4.55. The molecule has 1 rings (SSSR count). The van der Waals surface area contributed by atoms with Gasteiger partial charge in [0.15, 0.2) is 0 Å². The molecular weight excluding hydrogens is 269 g/mol. The predicted molar refractivity (Wildman–Crippen MR) is 73.7 cm³/mol. The maximum Gasteiger partial charge on any atom is 0.451 e. The highest BCUT2D eigenvalue weighted by molar-refractivity contribution is 5.48. The molecule has 0 saturated heterocycles. The van der Waals surface area contributed by atoms with Gasteiger partial charge in [0, 0.05) is 18.7 Å². The van der Waals surface area contributed by atoms with Gasteiger partial charge in [-0.05, 0) is 19.3 Å². The molecule has 0 bridgehead atoms. The Balaban J connectivity index is 3.03. The van der Waals surface area contributed by atoms with Gasteiger partial charge in [-0.3, -0.25) is 0 Å². The van der Waals surface area contributed by atoms with Gasteiger partial charge in [-0.25, -0.2) is 9.97 Å². The zero-order chi connectivity index (χ0) is 15.3. The Morgan fingerprint density at radius 3 is 2.25 bits per heavy atom. The third-order valence-electron chi connectivity index (χ3n) is 2.91. The van der Waals surface area contributed by atoms with Crippen molar-refractivity contribution < 1.29 is 13.2 Å². The van der Waals surface area contributed by atoms with E-state index in [1.165, 1.54) is 6.07 Å². The van der Waals surface area contributed by atoms with Crippen molar-refractivity contribution in [2.24, 2.45) is 5.92 Å². The second kappa shape index (κ2) is 6.76. The van der Waals surface area contributed by atoms with Crippen molar-refractivity contribution in [1.82, 2.24) is 9.97 Å². The molecule has 0 aliphatic heterocycles. The van der Waals surface area contributed by atoms with Gasteiger partial charge in [-0.2, -0.15) is 13.2 Å². The van der Waals surface area contributed by atoms with Crippen LogP contribution in [-0.4, -0.2) is 22.6 Å². The summed E-state index contributed by atoms with van der Waals surface area (Å²) in [5.41, 5.74) is 0. The molecule has 0 saturated carbocycles. The summed E-state index contributed by atoms with van der Waals surface area (Å²) in [4.78, 5) is 7.06. The van der Waals surface area contributed by atoms with Crippen LogP contribution in [-0.2, 0) is 6.18 Å². The molecule has 0 amide bonds. The van der Waals surface area contributed by atoms with Crippen molar-refractivity contribution in [3.8, 4) is 0 Å². The van der Waals surface area contributed by atoms with E-state index in [-0.39, 0.29) is 23.6 Å². The van der Waals surface area contributed by atoms with Crippen molar-refractivity contribution >= 4 is 11.6 Å². The molecule has 114 valence electrons. The number of halogens is 3. The van der Waals surface area contributed by atoms with Crippen LogP contribution in [0.15, 0.2) is 6.07 Å². The van der Waals surface area contributed by atoms with Crippen LogP contribution in [0.4, 0.5) is 24.8 Å². The molecule has 1 unspecified atom stereocenters. The molecule has 0 aliphatic carbocycles. The standard InChI is InChI=1S/C13H21F3N4/c1-5-6-17-10-7-11(18-9(4)8(2)3)20-12(19-10)13(14,15)16/h7-9H,5-6H2,1-4H3,(H2,17,18,19,20). The van der Waals surface area contributed by atoms with Gasteiger partial charge in [0.05, 0.1) is 0 Å². The zero-order valence-electron chi connectivity index (χ0n) is 12.2. The first-order chi connectivity index (χ1) is 9.24. The van der Waals surface area contributed by atoms with E-state index in [9.17, 15) is 13.2 Å². The Labute approximate surface area is 117 Å². The summed E-state index contributed by atoms with van der Waals surface area (Å²) >= 11 is 0. The second-order valence-corrected chi connectivity index (χ2v) is 5.06. The molecule has 1 heterocycles. The SMILES string of the molecule is CCCNc1cc(NC(C)C(C)C)nc(C(F)(F)F)n1. The molecule has 0 aliphatic rings. The largest absolute Gasteiger partial charge is 0.451 e. The molecule has 1 aromatic rings. The predicted octanol–water partition coefficient (Wildman–Crippen LogP) is 3.77. The smallest absolute Gasteiger partial charge is 0.370 e. The van der Waals surface area contributed by atoms with Gasteiger partial charge >= 0.3 is 6.18 Å². The van der Waals surface area contributed by atoms with E-state index in [2.05, 4.69) is 20.6 Å². The van der Waals surface area contributed by atoms with Crippen LogP contribution in [0.1, 0.15) is 39.9 Å². The lowest BCUT2D eigenvalue weighted by Crippen LogP contribution is -2.23. The van der Waals surface area contributed by atoms with E-state index < -0.39 is 12.0 Å². The Morgan fingerprint density at radius 1 is 1.15 bits per heavy atom. The summed E-state index contributed by atoms with van der Waals surface area (Å²) < 4.78 is 38.4. The van der Waals surface area contributed by atoms with Gasteiger partial charge in [0.25, 0.3) is 0 Å². The number of hydrogen-bond donors (Lipinski definition) is 2. The fourth-order valence-corrected chi connectivity index (χ4v) is 1.39. The summed E-state index contributed by atoms with van der Waals surface area (Å²) in [6, 6.07) is 1.52. The molecule has 0 fully saturated rings. The Hall–Kier alpha value is -1.53. The summed E-state index contributed by atoms with van der Waals surface area (Å²) in [5.74, 6) is -0.469. The van der Waals surface area contributed by atoms with Crippen LogP contribution in [0.2, 0.25) is 0 Å². The highest BCUT2D eigenvalue weighted by atomic mass is 19.4. The zero-order valence-corrected chi connectivity index (χ0v) is 12.2. The Morgan fingerprint density at radius 2 is 1.75 bits per heavy atom. The highest BCUT2D eigenvalue weighted by Gasteiger charge is 2.35. The number of rotatable bonds is 6. The summed E-state index contributed by atoms with van der Waals surface area (Å²) in [6.45, 7) is 8.37. The first kappa shape index (κ1) is 16.5. The third kappa shape index (κ3) is 4.86. The molecule has 0 radical (unpaired) electrons. The number of nitrogens with one attached hydrogen (secondary N) is 2. The molecule has 20 heavy (non-hydrogen) atoms. The minimum absolute atomic E-state index is 0.0185. The molecule has 0 aromatic carbocycles. The quantitative estimate of drug-likeness (QED) is 0.837. The fraction of sp³-hybridized carbons (Fsp3) is 0.692. The van der Waals surface area contributed by atoms with Gasteiger partial charge in [0.1, 0.15) is 11.6 Å². The van der Waals surface area contributed by atoms with E-state index in [1.54, 1.807) is 0 Å². The second-order valence-electron chi connectivity index (χ2n) is 5.06. The summed E-state index contributed by atoms with van der Waals surface area (Å²) in [7, 11) is 0. The highest BCUT2D eigenvalue weighted by Crippen LogP contribution is 2.28. The average molecular weight is 290 g/mol. The lowest BCUT2D eigenvalue weighted by atomic mass is 10.1. The molecule has 1 atom stereocenters. The average Bonchev–Trinajstić information content (AvgIpc) is 2.34. The van der Waals surface area contributed by atoms with Gasteiger partial charge in [-0.15, -0.1) is 0 Å². The van der Waals surface area contributed by atoms with E-state index in [0.717, 1.165) is 6.42 Å². The van der Waals surface area contributed by atoms with E-state index in [4.69, 9.17) is 0 Å². The topological polar surface area (TPSA) is 49.8 Å². The fourth-order valence-electron chi connectivity index (χ4n) is 1.39. The number of aromatic nitrogens is 2. The van der Waals surface area contributed by atoms with Crippen LogP contribution in [0.5, 0.6) is 0 Å². The lowest BCUT2D eigenvalue weighted by molar-refractivity contribution is -0.144. The normalized spacial score (nSPS) is 13.4. The van der Waals surface area contributed by atoms with Crippen molar-refractivity contribution in [2.75, 3.05) is 17.2 Å². The number of anilines is 2. The van der Waals surface area contributed by atoms with Crippen LogP contribution in [0.25, 0.3) is 0 Å². The van der Waals surface area contributed by atoms with E-state index in [1.807, 2.05) is 27.7 Å². The van der Waals surface area contributed by atoms with Crippen molar-refractivity contribution in [2.45, 2.75) is 46.3 Å². The lowest BCUT2D eigenvalue weighted by Gasteiger charge is -2.19. The van der Waals surface area contributed by atoms with Crippen LogP contribution in [0.3, 0.4) is 0 Å².